The van der Waals surface area contributed by atoms with E-state index in [1.54, 1.807) is 0 Å². The molecule has 0 unspecified atom stereocenters. The number of fused-ring (bicyclic) bond motifs is 1. The van der Waals surface area contributed by atoms with Crippen molar-refractivity contribution in [3.8, 4) is 17.2 Å². The van der Waals surface area contributed by atoms with Gasteiger partial charge in [-0.3, -0.25) is 4.21 Å². The summed E-state index contributed by atoms with van der Waals surface area (Å²) in [5.41, 5.74) is 0.885. The van der Waals surface area contributed by atoms with Gasteiger partial charge in [-0.2, -0.15) is 5.10 Å². The van der Waals surface area contributed by atoms with E-state index >= 15 is 0 Å². The summed E-state index contributed by atoms with van der Waals surface area (Å²) in [5.74, 6) is 4.59. The molecule has 130 valence electrons. The molecule has 0 bridgehead atoms. The topological polar surface area (TPSA) is 66.2 Å². The maximum atomic E-state index is 11.8. The highest BCUT2D eigenvalue weighted by Crippen LogP contribution is 2.32. The third kappa shape index (κ3) is 3.61. The number of ether oxygens (including phenoxy) is 2. The molecule has 3 rings (SSSR count). The summed E-state index contributed by atoms with van der Waals surface area (Å²) in [7, 11) is -0.821. The van der Waals surface area contributed by atoms with E-state index < -0.39 is 10.8 Å². The van der Waals surface area contributed by atoms with Crippen LogP contribution in [0, 0.1) is 0 Å². The number of hydrogen-bond donors (Lipinski definition) is 0. The highest BCUT2D eigenvalue weighted by atomic mass is 32.2. The van der Waals surface area contributed by atoms with Crippen molar-refractivity contribution in [1.29, 1.82) is 0 Å². The molecule has 1 aromatic heterocycles. The molecule has 0 spiro atoms. The predicted molar refractivity (Wildman–Crippen MR) is 93.7 cm³/mol. The molecule has 0 aliphatic carbocycles. The summed E-state index contributed by atoms with van der Waals surface area (Å²) in [4.78, 5) is 4.65. The van der Waals surface area contributed by atoms with E-state index in [9.17, 15) is 4.21 Å². The largest absolute Gasteiger partial charge is 0.486 e. The molecule has 0 N–H and O–H groups in total. The summed E-state index contributed by atoms with van der Waals surface area (Å²) >= 11 is 0. The number of aryl methyl sites for hydroxylation is 1. The van der Waals surface area contributed by atoms with Gasteiger partial charge in [0, 0.05) is 40.7 Å². The first-order valence-electron chi connectivity index (χ1n) is 8.29. The molecule has 1 aromatic carbocycles. The highest BCUT2D eigenvalue weighted by molar-refractivity contribution is 7.84. The molecule has 0 saturated carbocycles. The van der Waals surface area contributed by atoms with E-state index in [0.29, 0.717) is 31.1 Å². The first-order chi connectivity index (χ1) is 11.6. The maximum absolute atomic E-state index is 11.8. The number of benzene rings is 1. The number of aromatic nitrogens is 3. The first-order valence-corrected chi connectivity index (χ1v) is 9.78. The summed E-state index contributed by atoms with van der Waals surface area (Å²) in [5, 5.41) is 4.64. The van der Waals surface area contributed by atoms with Gasteiger partial charge in [0.05, 0.1) is 5.69 Å². The molecule has 1 atom stereocenters. The Hall–Kier alpha value is -1.89. The SMILES string of the molecule is CC[S@](=O)CCc1nc(C(C)C)nn1-c1ccc2c(c1)OCCO2. The fraction of sp³-hybridized carbons (Fsp3) is 0.529. The van der Waals surface area contributed by atoms with Crippen LogP contribution in [0.25, 0.3) is 5.69 Å². The van der Waals surface area contributed by atoms with E-state index in [2.05, 4.69) is 23.9 Å². The second-order valence-electron chi connectivity index (χ2n) is 5.96. The predicted octanol–water partition coefficient (Wildman–Crippen LogP) is 2.47. The van der Waals surface area contributed by atoms with E-state index in [0.717, 1.165) is 28.8 Å². The van der Waals surface area contributed by atoms with Crippen LogP contribution in [0.2, 0.25) is 0 Å². The van der Waals surface area contributed by atoms with Crippen molar-refractivity contribution in [2.24, 2.45) is 0 Å². The number of nitrogens with zero attached hydrogens (tertiary/aromatic N) is 3. The molecular weight excluding hydrogens is 326 g/mol. The maximum Gasteiger partial charge on any atom is 0.163 e. The second-order valence-corrected chi connectivity index (χ2v) is 7.83. The minimum atomic E-state index is -0.821. The van der Waals surface area contributed by atoms with E-state index in [-0.39, 0.29) is 5.92 Å². The Balaban J connectivity index is 1.94. The van der Waals surface area contributed by atoms with E-state index in [4.69, 9.17) is 9.47 Å². The van der Waals surface area contributed by atoms with Crippen LogP contribution in [0.4, 0.5) is 0 Å². The summed E-state index contributed by atoms with van der Waals surface area (Å²) < 4.78 is 24.8. The molecule has 2 heterocycles. The molecule has 1 aliphatic rings. The van der Waals surface area contributed by atoms with Crippen molar-refractivity contribution in [2.75, 3.05) is 24.7 Å². The molecule has 24 heavy (non-hydrogen) atoms. The standard InChI is InChI=1S/C17H23N3O3S/c1-4-24(21)10-7-16-18-17(12(2)3)19-20(16)13-5-6-14-15(11-13)23-9-8-22-14/h5-6,11-12H,4,7-10H2,1-3H3/t24-/m0/s1. The summed E-state index contributed by atoms with van der Waals surface area (Å²) in [6.45, 7) is 7.19. The Labute approximate surface area is 144 Å². The fourth-order valence-electron chi connectivity index (χ4n) is 2.49. The van der Waals surface area contributed by atoms with Gasteiger partial charge in [-0.05, 0) is 12.1 Å². The monoisotopic (exact) mass is 349 g/mol. The lowest BCUT2D eigenvalue weighted by Crippen LogP contribution is -2.16. The van der Waals surface area contributed by atoms with Crippen molar-refractivity contribution in [3.05, 3.63) is 29.8 Å². The van der Waals surface area contributed by atoms with Crippen LogP contribution in [0.3, 0.4) is 0 Å². The van der Waals surface area contributed by atoms with Gasteiger partial charge in [0.25, 0.3) is 0 Å². The van der Waals surface area contributed by atoms with Gasteiger partial charge in [-0.15, -0.1) is 0 Å². The Kier molecular flexibility index (Phi) is 5.18. The molecule has 6 nitrogen and oxygen atoms in total. The average Bonchev–Trinajstić information content (AvgIpc) is 3.03. The molecule has 0 saturated heterocycles. The van der Waals surface area contributed by atoms with Gasteiger partial charge in [0.1, 0.15) is 19.0 Å². The van der Waals surface area contributed by atoms with Gasteiger partial charge in [-0.1, -0.05) is 20.8 Å². The quantitative estimate of drug-likeness (QED) is 0.801. The molecule has 2 aromatic rings. The van der Waals surface area contributed by atoms with Gasteiger partial charge in [0.15, 0.2) is 17.3 Å². The van der Waals surface area contributed by atoms with Crippen molar-refractivity contribution < 1.29 is 13.7 Å². The Morgan fingerprint density at radius 1 is 1.25 bits per heavy atom. The van der Waals surface area contributed by atoms with Gasteiger partial charge in [-0.25, -0.2) is 9.67 Å². The van der Waals surface area contributed by atoms with Crippen molar-refractivity contribution in [3.63, 3.8) is 0 Å². The summed E-state index contributed by atoms with van der Waals surface area (Å²) in [6.07, 6.45) is 0.634. The van der Waals surface area contributed by atoms with Crippen LogP contribution in [0.5, 0.6) is 11.5 Å². The third-order valence-electron chi connectivity index (χ3n) is 3.85. The van der Waals surface area contributed by atoms with Gasteiger partial charge < -0.3 is 9.47 Å². The second kappa shape index (κ2) is 7.34. The van der Waals surface area contributed by atoms with Crippen LogP contribution >= 0.6 is 0 Å². The molecule has 0 fully saturated rings. The minimum absolute atomic E-state index is 0.235. The van der Waals surface area contributed by atoms with Crippen molar-refractivity contribution >= 4 is 10.8 Å². The Morgan fingerprint density at radius 3 is 2.71 bits per heavy atom. The lowest BCUT2D eigenvalue weighted by Gasteiger charge is -2.19. The fourth-order valence-corrected chi connectivity index (χ4v) is 3.19. The zero-order chi connectivity index (χ0) is 17.1. The summed E-state index contributed by atoms with van der Waals surface area (Å²) in [6, 6.07) is 5.77. The van der Waals surface area contributed by atoms with Crippen molar-refractivity contribution in [1.82, 2.24) is 14.8 Å². The molecule has 7 heteroatoms. The van der Waals surface area contributed by atoms with E-state index in [1.165, 1.54) is 0 Å². The van der Waals surface area contributed by atoms with Crippen molar-refractivity contribution in [2.45, 2.75) is 33.1 Å². The van der Waals surface area contributed by atoms with Gasteiger partial charge in [0.2, 0.25) is 0 Å². The molecular formula is C17H23N3O3S. The normalized spacial score (nSPS) is 14.8. The molecule has 0 radical (unpaired) electrons. The lowest BCUT2D eigenvalue weighted by atomic mass is 10.2. The Morgan fingerprint density at radius 2 is 2.00 bits per heavy atom. The van der Waals surface area contributed by atoms with Crippen LogP contribution < -0.4 is 9.47 Å². The Bertz CT molecular complexity index is 743. The lowest BCUT2D eigenvalue weighted by molar-refractivity contribution is 0.171. The third-order valence-corrected chi connectivity index (χ3v) is 5.16. The van der Waals surface area contributed by atoms with Crippen LogP contribution in [0.15, 0.2) is 18.2 Å². The highest BCUT2D eigenvalue weighted by Gasteiger charge is 2.18. The minimum Gasteiger partial charge on any atom is -0.486 e. The zero-order valence-electron chi connectivity index (χ0n) is 14.3. The van der Waals surface area contributed by atoms with Crippen LogP contribution in [-0.4, -0.2) is 43.7 Å². The zero-order valence-corrected chi connectivity index (χ0v) is 15.1. The number of rotatable bonds is 6. The molecule has 1 aliphatic heterocycles. The molecule has 0 amide bonds. The van der Waals surface area contributed by atoms with Crippen LogP contribution in [-0.2, 0) is 17.2 Å². The first kappa shape index (κ1) is 17.0. The van der Waals surface area contributed by atoms with Gasteiger partial charge >= 0.3 is 0 Å². The smallest absolute Gasteiger partial charge is 0.163 e. The number of hydrogen-bond acceptors (Lipinski definition) is 5. The van der Waals surface area contributed by atoms with Crippen LogP contribution in [0.1, 0.15) is 38.3 Å². The average molecular weight is 349 g/mol. The van der Waals surface area contributed by atoms with E-state index in [1.807, 2.05) is 29.8 Å².